The van der Waals surface area contributed by atoms with Crippen LogP contribution in [-0.4, -0.2) is 21.6 Å². The van der Waals surface area contributed by atoms with Gasteiger partial charge < -0.3 is 0 Å². The molecule has 1 aliphatic heterocycles. The molecule has 5 nitrogen and oxygen atoms in total. The van der Waals surface area contributed by atoms with Crippen molar-refractivity contribution in [3.05, 3.63) is 83.4 Å². The maximum absolute atomic E-state index is 13.2. The van der Waals surface area contributed by atoms with Crippen LogP contribution in [0.1, 0.15) is 27.9 Å². The molecule has 4 aromatic rings. The number of hydrogen-bond donors (Lipinski definition) is 1. The van der Waals surface area contributed by atoms with Crippen LogP contribution in [0, 0.1) is 6.92 Å². The van der Waals surface area contributed by atoms with Crippen LogP contribution in [0.15, 0.2) is 71.6 Å². The first kappa shape index (κ1) is 19.9. The Bertz CT molecular complexity index is 1300. The minimum atomic E-state index is -1.31. The number of carbonyl (C=O) groups excluding carboxylic acids is 1. The van der Waals surface area contributed by atoms with Gasteiger partial charge in [0.1, 0.15) is 0 Å². The van der Waals surface area contributed by atoms with Gasteiger partial charge in [0.15, 0.2) is 16.1 Å². The van der Waals surface area contributed by atoms with Crippen molar-refractivity contribution in [1.29, 1.82) is 0 Å². The molecule has 1 aliphatic rings. The van der Waals surface area contributed by atoms with Gasteiger partial charge in [0.25, 0.3) is 5.91 Å². The molecule has 1 atom stereocenters. The minimum absolute atomic E-state index is 0.225. The zero-order valence-electron chi connectivity index (χ0n) is 17.0. The Morgan fingerprint density at radius 1 is 1.06 bits per heavy atom. The molecule has 0 saturated carbocycles. The van der Waals surface area contributed by atoms with Crippen molar-refractivity contribution in [1.82, 2.24) is 4.98 Å². The van der Waals surface area contributed by atoms with Crippen molar-refractivity contribution < 1.29 is 9.00 Å². The molecule has 0 fully saturated rings. The van der Waals surface area contributed by atoms with Gasteiger partial charge in [-0.3, -0.25) is 14.4 Å². The number of amides is 1. The third-order valence-electron chi connectivity index (χ3n) is 5.43. The number of thiazole rings is 1. The van der Waals surface area contributed by atoms with Crippen LogP contribution in [0.25, 0.3) is 10.2 Å². The van der Waals surface area contributed by atoms with Crippen molar-refractivity contribution in [3.63, 3.8) is 0 Å². The lowest BCUT2D eigenvalue weighted by molar-refractivity contribution is 0.102. The second-order valence-corrected chi connectivity index (χ2v) is 9.94. The summed E-state index contributed by atoms with van der Waals surface area (Å²) in [5.74, 6) is -0.225. The number of carbonyl (C=O) groups is 1. The highest BCUT2D eigenvalue weighted by atomic mass is 32.2. The predicted octanol–water partition coefficient (Wildman–Crippen LogP) is 5.33. The van der Waals surface area contributed by atoms with Gasteiger partial charge in [-0.15, -0.1) is 0 Å². The summed E-state index contributed by atoms with van der Waals surface area (Å²) in [6.45, 7) is 2.76. The molecule has 1 amide bonds. The molecule has 2 heterocycles. The highest BCUT2D eigenvalue weighted by Gasteiger charge is 2.22. The molecule has 7 heteroatoms. The van der Waals surface area contributed by atoms with Crippen molar-refractivity contribution in [2.45, 2.75) is 24.7 Å². The topological polar surface area (TPSA) is 62.3 Å². The average molecular weight is 448 g/mol. The van der Waals surface area contributed by atoms with Crippen molar-refractivity contribution in [3.8, 4) is 0 Å². The van der Waals surface area contributed by atoms with E-state index in [4.69, 9.17) is 0 Å². The number of para-hydroxylation sites is 2. The van der Waals surface area contributed by atoms with Gasteiger partial charge in [0.2, 0.25) is 0 Å². The molecule has 0 spiro atoms. The molecule has 0 radical (unpaired) electrons. The Balaban J connectivity index is 1.33. The van der Waals surface area contributed by atoms with Crippen LogP contribution in [-0.2, 0) is 17.4 Å². The van der Waals surface area contributed by atoms with Crippen molar-refractivity contribution >= 4 is 49.3 Å². The number of benzene rings is 3. The Hall–Kier alpha value is -3.03. The zero-order chi connectivity index (χ0) is 21.4. The Kier molecular flexibility index (Phi) is 5.29. The minimum Gasteiger partial charge on any atom is -0.298 e. The summed E-state index contributed by atoms with van der Waals surface area (Å²) in [6.07, 6.45) is 1.99. The molecule has 3 aromatic carbocycles. The highest BCUT2D eigenvalue weighted by molar-refractivity contribution is 7.86. The molecule has 31 heavy (non-hydrogen) atoms. The van der Waals surface area contributed by atoms with Gasteiger partial charge >= 0.3 is 0 Å². The third kappa shape index (κ3) is 3.86. The van der Waals surface area contributed by atoms with Gasteiger partial charge in [0.05, 0.1) is 20.8 Å². The van der Waals surface area contributed by atoms with Gasteiger partial charge in [0, 0.05) is 12.1 Å². The van der Waals surface area contributed by atoms with Crippen molar-refractivity contribution in [2.24, 2.45) is 0 Å². The Morgan fingerprint density at radius 3 is 2.68 bits per heavy atom. The molecule has 0 saturated heterocycles. The van der Waals surface area contributed by atoms with Gasteiger partial charge in [-0.2, -0.15) is 0 Å². The van der Waals surface area contributed by atoms with E-state index in [2.05, 4.69) is 16.4 Å². The predicted molar refractivity (Wildman–Crippen MR) is 127 cm³/mol. The highest BCUT2D eigenvalue weighted by Crippen LogP contribution is 2.30. The number of nitrogens with zero attached hydrogens (tertiary/aromatic N) is 2. The normalized spacial score (nSPS) is 14.3. The lowest BCUT2D eigenvalue weighted by Crippen LogP contribution is -2.31. The Labute approximate surface area is 187 Å². The second-order valence-electron chi connectivity index (χ2n) is 7.50. The summed E-state index contributed by atoms with van der Waals surface area (Å²) in [6, 6.07) is 21.1. The standard InChI is InChI=1S/C24H21N3O2S2/c1-16-6-4-10-21-22(16)25-24(30-21)26-23(28)18-11-13-19(14-12-18)31(29)27-15-5-8-17-7-2-3-9-20(17)27/h2-4,6-7,9-14H,5,8,15H2,1H3,(H,25,26,28). The first-order valence-corrected chi connectivity index (χ1v) is 12.1. The molecule has 5 rings (SSSR count). The first-order chi connectivity index (χ1) is 15.1. The number of aromatic nitrogens is 1. The molecular weight excluding hydrogens is 426 g/mol. The maximum atomic E-state index is 13.2. The van der Waals surface area contributed by atoms with E-state index in [1.807, 2.05) is 47.6 Å². The van der Waals surface area contributed by atoms with Crippen LogP contribution in [0.5, 0.6) is 0 Å². The maximum Gasteiger partial charge on any atom is 0.257 e. The summed E-state index contributed by atoms with van der Waals surface area (Å²) in [5, 5.41) is 3.46. The second kappa shape index (κ2) is 8.24. The number of fused-ring (bicyclic) bond motifs is 2. The summed E-state index contributed by atoms with van der Waals surface area (Å²) in [4.78, 5) is 17.9. The van der Waals surface area contributed by atoms with Crippen LogP contribution >= 0.6 is 11.3 Å². The Morgan fingerprint density at radius 2 is 1.87 bits per heavy atom. The van der Waals surface area contributed by atoms with Crippen LogP contribution in [0.2, 0.25) is 0 Å². The number of nitrogens with one attached hydrogen (secondary N) is 1. The molecular formula is C24H21N3O2S2. The third-order valence-corrected chi connectivity index (χ3v) is 7.82. The summed E-state index contributed by atoms with van der Waals surface area (Å²) < 4.78 is 16.2. The summed E-state index contributed by atoms with van der Waals surface area (Å²) in [5.41, 5.74) is 4.76. The van der Waals surface area contributed by atoms with E-state index in [1.54, 1.807) is 24.3 Å². The monoisotopic (exact) mass is 447 g/mol. The zero-order valence-corrected chi connectivity index (χ0v) is 18.6. The van der Waals surface area contributed by atoms with E-state index in [-0.39, 0.29) is 5.91 Å². The van der Waals surface area contributed by atoms with E-state index >= 15 is 0 Å². The molecule has 0 bridgehead atoms. The van der Waals surface area contributed by atoms with Crippen LogP contribution < -0.4 is 9.62 Å². The van der Waals surface area contributed by atoms with Crippen molar-refractivity contribution in [2.75, 3.05) is 16.2 Å². The SMILES string of the molecule is Cc1cccc2sc(NC(=O)c3ccc(S(=O)N4CCCc5ccccc54)cc3)nc12. The number of rotatable bonds is 4. The van der Waals surface area contributed by atoms with E-state index in [0.29, 0.717) is 15.6 Å². The van der Waals surface area contributed by atoms with E-state index in [9.17, 15) is 9.00 Å². The average Bonchev–Trinajstić information content (AvgIpc) is 3.22. The fourth-order valence-corrected chi connectivity index (χ4v) is 6.04. The number of hydrogen-bond acceptors (Lipinski definition) is 4. The molecule has 156 valence electrons. The van der Waals surface area contributed by atoms with E-state index in [0.717, 1.165) is 40.9 Å². The number of anilines is 2. The summed E-state index contributed by atoms with van der Waals surface area (Å²) >= 11 is 1.46. The number of aryl methyl sites for hydroxylation is 2. The molecule has 1 aromatic heterocycles. The quantitative estimate of drug-likeness (QED) is 0.460. The molecule has 1 unspecified atom stereocenters. The lowest BCUT2D eigenvalue weighted by Gasteiger charge is -2.29. The molecule has 1 N–H and O–H groups in total. The van der Waals surface area contributed by atoms with E-state index in [1.165, 1.54) is 16.9 Å². The van der Waals surface area contributed by atoms with Gasteiger partial charge in [-0.05, 0) is 67.3 Å². The lowest BCUT2D eigenvalue weighted by atomic mass is 10.0. The largest absolute Gasteiger partial charge is 0.298 e. The van der Waals surface area contributed by atoms with Gasteiger partial charge in [-0.25, -0.2) is 9.19 Å². The molecule has 0 aliphatic carbocycles. The first-order valence-electron chi connectivity index (χ1n) is 10.1. The summed E-state index contributed by atoms with van der Waals surface area (Å²) in [7, 11) is -1.31. The van der Waals surface area contributed by atoms with E-state index < -0.39 is 11.0 Å². The fraction of sp³-hybridized carbons (Fsp3) is 0.167. The smallest absolute Gasteiger partial charge is 0.257 e. The van der Waals surface area contributed by atoms with Crippen LogP contribution in [0.3, 0.4) is 0 Å². The van der Waals surface area contributed by atoms with Gasteiger partial charge in [-0.1, -0.05) is 41.7 Å². The van der Waals surface area contributed by atoms with Crippen LogP contribution in [0.4, 0.5) is 10.8 Å². The fourth-order valence-electron chi connectivity index (χ4n) is 3.83.